The third-order valence-corrected chi connectivity index (χ3v) is 3.73. The molecule has 0 spiro atoms. The van der Waals surface area contributed by atoms with E-state index in [-0.39, 0.29) is 11.3 Å². The van der Waals surface area contributed by atoms with Crippen LogP contribution in [0.15, 0.2) is 35.1 Å². The lowest BCUT2D eigenvalue weighted by atomic mass is 10.2. The zero-order valence-electron chi connectivity index (χ0n) is 15.4. The maximum absolute atomic E-state index is 12.6. The molecule has 2 aromatic rings. The molecule has 2 rings (SSSR count). The van der Waals surface area contributed by atoms with Crippen molar-refractivity contribution in [2.75, 3.05) is 19.0 Å². The molecule has 140 valence electrons. The number of hydrogen-bond donors (Lipinski definition) is 1. The second kappa shape index (κ2) is 9.60. The van der Waals surface area contributed by atoms with Crippen molar-refractivity contribution in [1.82, 2.24) is 9.78 Å². The Hall–Kier alpha value is -2.83. The summed E-state index contributed by atoms with van der Waals surface area (Å²) in [5.41, 5.74) is 0.439. The van der Waals surface area contributed by atoms with Gasteiger partial charge >= 0.3 is 0 Å². The highest BCUT2D eigenvalue weighted by Gasteiger charge is 2.14. The highest BCUT2D eigenvalue weighted by atomic mass is 16.5. The van der Waals surface area contributed by atoms with Crippen molar-refractivity contribution < 1.29 is 14.3 Å². The Balaban J connectivity index is 2.24. The molecule has 0 aliphatic heterocycles. The van der Waals surface area contributed by atoms with Gasteiger partial charge in [-0.2, -0.15) is 5.10 Å². The zero-order chi connectivity index (χ0) is 18.9. The highest BCUT2D eigenvalue weighted by Crippen LogP contribution is 2.29. The lowest BCUT2D eigenvalue weighted by Crippen LogP contribution is -2.26. The molecular formula is C19H25N3O4. The average molecular weight is 359 g/mol. The smallest absolute Gasteiger partial charge is 0.276 e. The normalized spacial score (nSPS) is 10.4. The monoisotopic (exact) mass is 359 g/mol. The second-order valence-corrected chi connectivity index (χ2v) is 5.80. The summed E-state index contributed by atoms with van der Waals surface area (Å²) in [6.45, 7) is 5.05. The minimum Gasteiger partial charge on any atom is -0.497 e. The minimum atomic E-state index is -0.413. The molecule has 1 heterocycles. The van der Waals surface area contributed by atoms with Crippen LogP contribution in [0.25, 0.3) is 0 Å². The molecule has 0 saturated heterocycles. The maximum atomic E-state index is 12.6. The number of carbonyl (C=O) groups excluding carboxylic acids is 1. The summed E-state index contributed by atoms with van der Waals surface area (Å²) in [4.78, 5) is 24.3. The molecule has 0 fully saturated rings. The van der Waals surface area contributed by atoms with E-state index >= 15 is 0 Å². The molecule has 7 nitrogen and oxygen atoms in total. The number of aryl methyl sites for hydroxylation is 1. The number of methoxy groups -OCH3 is 1. The number of ether oxygens (including phenoxy) is 2. The molecule has 0 saturated carbocycles. The number of anilines is 1. The molecule has 1 amide bonds. The Kier molecular flexibility index (Phi) is 7.20. The topological polar surface area (TPSA) is 82.5 Å². The third-order valence-electron chi connectivity index (χ3n) is 3.73. The molecule has 0 atom stereocenters. The number of nitrogens with zero attached hydrogens (tertiary/aromatic N) is 2. The molecule has 0 aliphatic carbocycles. The molecule has 7 heteroatoms. The van der Waals surface area contributed by atoms with Gasteiger partial charge in [-0.25, -0.2) is 4.68 Å². The van der Waals surface area contributed by atoms with E-state index in [2.05, 4.69) is 17.3 Å². The molecule has 0 unspecified atom stereocenters. The first-order valence-corrected chi connectivity index (χ1v) is 8.79. The fourth-order valence-electron chi connectivity index (χ4n) is 2.31. The largest absolute Gasteiger partial charge is 0.497 e. The fourth-order valence-corrected chi connectivity index (χ4v) is 2.31. The Morgan fingerprint density at radius 2 is 2.00 bits per heavy atom. The van der Waals surface area contributed by atoms with Crippen LogP contribution >= 0.6 is 0 Å². The number of unbranched alkanes of at least 4 members (excludes halogenated alkanes) is 1. The lowest BCUT2D eigenvalue weighted by Gasteiger charge is -2.14. The van der Waals surface area contributed by atoms with E-state index in [1.54, 1.807) is 25.3 Å². The number of hydrogen-bond acceptors (Lipinski definition) is 5. The predicted molar refractivity (Wildman–Crippen MR) is 100 cm³/mol. The van der Waals surface area contributed by atoms with Crippen LogP contribution in [0.3, 0.4) is 0 Å². The van der Waals surface area contributed by atoms with Crippen LogP contribution in [0.5, 0.6) is 11.5 Å². The summed E-state index contributed by atoms with van der Waals surface area (Å²) in [6.07, 6.45) is 2.69. The Morgan fingerprint density at radius 1 is 1.19 bits per heavy atom. The SMILES string of the molecule is CCCCOc1ccc(OC)cc1NC(=O)c1ccc(=O)n(CCC)n1. The summed E-state index contributed by atoms with van der Waals surface area (Å²) in [5, 5.41) is 6.92. The number of benzene rings is 1. The van der Waals surface area contributed by atoms with Crippen LogP contribution in [-0.4, -0.2) is 29.4 Å². The molecule has 0 radical (unpaired) electrons. The predicted octanol–water partition coefficient (Wildman–Crippen LogP) is 3.09. The Labute approximate surface area is 152 Å². The van der Waals surface area contributed by atoms with Crippen LogP contribution in [0.4, 0.5) is 5.69 Å². The molecule has 1 aromatic carbocycles. The molecule has 26 heavy (non-hydrogen) atoms. The van der Waals surface area contributed by atoms with Gasteiger partial charge in [0.2, 0.25) is 0 Å². The molecule has 1 N–H and O–H groups in total. The van der Waals surface area contributed by atoms with Gasteiger partial charge in [-0.05, 0) is 31.0 Å². The van der Waals surface area contributed by atoms with Gasteiger partial charge in [-0.1, -0.05) is 20.3 Å². The van der Waals surface area contributed by atoms with E-state index in [0.29, 0.717) is 30.3 Å². The maximum Gasteiger partial charge on any atom is 0.276 e. The van der Waals surface area contributed by atoms with E-state index in [0.717, 1.165) is 19.3 Å². The third kappa shape index (κ3) is 5.08. The summed E-state index contributed by atoms with van der Waals surface area (Å²) >= 11 is 0. The summed E-state index contributed by atoms with van der Waals surface area (Å²) < 4.78 is 12.3. The van der Waals surface area contributed by atoms with Gasteiger partial charge in [0.1, 0.15) is 17.2 Å². The van der Waals surface area contributed by atoms with Gasteiger partial charge in [-0.3, -0.25) is 9.59 Å². The van der Waals surface area contributed by atoms with Gasteiger partial charge in [0.25, 0.3) is 11.5 Å². The number of rotatable bonds is 9. The van der Waals surface area contributed by atoms with E-state index < -0.39 is 5.91 Å². The van der Waals surface area contributed by atoms with E-state index in [4.69, 9.17) is 9.47 Å². The molecular weight excluding hydrogens is 334 g/mol. The number of amides is 1. The molecule has 0 bridgehead atoms. The van der Waals surface area contributed by atoms with Crippen LogP contribution < -0.4 is 20.3 Å². The Morgan fingerprint density at radius 3 is 2.69 bits per heavy atom. The van der Waals surface area contributed by atoms with Gasteiger partial charge in [0.05, 0.1) is 19.4 Å². The van der Waals surface area contributed by atoms with Crippen LogP contribution in [-0.2, 0) is 6.54 Å². The van der Waals surface area contributed by atoms with Crippen molar-refractivity contribution >= 4 is 11.6 Å². The number of aromatic nitrogens is 2. The zero-order valence-corrected chi connectivity index (χ0v) is 15.4. The molecule has 0 aliphatic rings. The second-order valence-electron chi connectivity index (χ2n) is 5.80. The number of nitrogens with one attached hydrogen (secondary N) is 1. The van der Waals surface area contributed by atoms with Crippen molar-refractivity contribution in [2.45, 2.75) is 39.7 Å². The van der Waals surface area contributed by atoms with Gasteiger partial charge < -0.3 is 14.8 Å². The van der Waals surface area contributed by atoms with E-state index in [9.17, 15) is 9.59 Å². The first-order valence-electron chi connectivity index (χ1n) is 8.79. The first kappa shape index (κ1) is 19.5. The van der Waals surface area contributed by atoms with E-state index in [1.165, 1.54) is 16.8 Å². The van der Waals surface area contributed by atoms with Gasteiger partial charge in [-0.15, -0.1) is 0 Å². The quantitative estimate of drug-likeness (QED) is 0.696. The lowest BCUT2D eigenvalue weighted by molar-refractivity contribution is 0.101. The minimum absolute atomic E-state index is 0.167. The standard InChI is InChI=1S/C19H25N3O4/c1-4-6-12-26-17-9-7-14(25-3)13-16(17)20-19(24)15-8-10-18(23)22(21-15)11-5-2/h7-10,13H,4-6,11-12H2,1-3H3,(H,20,24). The van der Waals surface area contributed by atoms with Crippen molar-refractivity contribution in [1.29, 1.82) is 0 Å². The summed E-state index contributed by atoms with van der Waals surface area (Å²) in [5.74, 6) is 0.755. The molecule has 1 aromatic heterocycles. The average Bonchev–Trinajstić information content (AvgIpc) is 2.65. The summed E-state index contributed by atoms with van der Waals surface area (Å²) in [7, 11) is 1.56. The highest BCUT2D eigenvalue weighted by molar-refractivity contribution is 6.03. The first-order chi connectivity index (χ1) is 12.6. The number of carbonyl (C=O) groups is 1. The van der Waals surface area contributed by atoms with Crippen LogP contribution in [0, 0.1) is 0 Å². The van der Waals surface area contributed by atoms with Crippen molar-refractivity contribution in [2.24, 2.45) is 0 Å². The Bertz CT molecular complexity index is 802. The van der Waals surface area contributed by atoms with Gasteiger partial charge in [0.15, 0.2) is 0 Å². The van der Waals surface area contributed by atoms with Crippen molar-refractivity contribution in [3.05, 3.63) is 46.4 Å². The fraction of sp³-hybridized carbons (Fsp3) is 0.421. The van der Waals surface area contributed by atoms with E-state index in [1.807, 2.05) is 6.92 Å². The van der Waals surface area contributed by atoms with Crippen LogP contribution in [0.1, 0.15) is 43.6 Å². The van der Waals surface area contributed by atoms with Gasteiger partial charge in [0, 0.05) is 18.7 Å². The van der Waals surface area contributed by atoms with Crippen molar-refractivity contribution in [3.63, 3.8) is 0 Å². The summed E-state index contributed by atoms with van der Waals surface area (Å²) in [6, 6.07) is 8.00. The van der Waals surface area contributed by atoms with Crippen LogP contribution in [0.2, 0.25) is 0 Å². The van der Waals surface area contributed by atoms with Crippen molar-refractivity contribution in [3.8, 4) is 11.5 Å².